The number of carbonyl (C=O) groups is 1. The smallest absolute Gasteiger partial charge is 0.410 e. The first-order valence-corrected chi connectivity index (χ1v) is 9.33. The number of carbonyl (C=O) groups excluding carboxylic acids is 1. The molecule has 0 saturated heterocycles. The fourth-order valence-corrected chi connectivity index (χ4v) is 2.72. The van der Waals surface area contributed by atoms with Gasteiger partial charge in [0.1, 0.15) is 0 Å². The number of aliphatic hydroxyl groups excluding tert-OH is 1. The highest BCUT2D eigenvalue weighted by Gasteiger charge is 2.30. The average Bonchev–Trinajstić information content (AvgIpc) is 2.60. The second-order valence-electron chi connectivity index (χ2n) is 7.07. The number of nitrogens with zero attached hydrogens (tertiary/aromatic N) is 2. The summed E-state index contributed by atoms with van der Waals surface area (Å²) in [7, 11) is 0. The molecule has 1 aromatic heterocycles. The van der Waals surface area contributed by atoms with E-state index in [0.29, 0.717) is 12.0 Å². The molecule has 1 atom stereocenters. The lowest BCUT2D eigenvalue weighted by Crippen LogP contribution is -2.48. The van der Waals surface area contributed by atoms with Gasteiger partial charge in [-0.25, -0.2) is 4.79 Å². The second kappa shape index (κ2) is 9.14. The van der Waals surface area contributed by atoms with Crippen LogP contribution in [0, 0.1) is 0 Å². The van der Waals surface area contributed by atoms with Crippen molar-refractivity contribution < 1.29 is 14.6 Å². The molecule has 0 unspecified atom stereocenters. The molecule has 140 valence electrons. The molecule has 1 aromatic carbocycles. The number of halogens is 1. The number of aliphatic hydroxyl groups is 1. The van der Waals surface area contributed by atoms with E-state index in [1.165, 1.54) is 0 Å². The third-order valence-corrected chi connectivity index (χ3v) is 4.51. The fourth-order valence-electron chi connectivity index (χ4n) is 2.46. The lowest BCUT2D eigenvalue weighted by atomic mass is 10.0. The van der Waals surface area contributed by atoms with E-state index in [2.05, 4.69) is 20.9 Å². The van der Waals surface area contributed by atoms with Gasteiger partial charge >= 0.3 is 6.09 Å². The standard InChI is InChI=1S/C20H25BrN2O3/c1-20(2,3)23(14-18(24)16-5-4-11-22-13-16)19(25)26-12-10-15-6-8-17(21)9-7-15/h4-9,11,13,18,24H,10,12,14H2,1-3H3/t18-/m0/s1. The number of ether oxygens (including phenoxy) is 1. The molecule has 2 aromatic rings. The number of aromatic nitrogens is 1. The molecule has 0 saturated carbocycles. The van der Waals surface area contributed by atoms with E-state index in [1.54, 1.807) is 29.4 Å². The van der Waals surface area contributed by atoms with Crippen LogP contribution in [0.3, 0.4) is 0 Å². The Morgan fingerprint density at radius 1 is 1.27 bits per heavy atom. The number of benzene rings is 1. The maximum absolute atomic E-state index is 12.6. The third-order valence-electron chi connectivity index (χ3n) is 3.98. The molecule has 5 nitrogen and oxygen atoms in total. The molecule has 0 radical (unpaired) electrons. The lowest BCUT2D eigenvalue weighted by molar-refractivity contribution is 0.0367. The van der Waals surface area contributed by atoms with Crippen LogP contribution in [-0.4, -0.2) is 39.8 Å². The van der Waals surface area contributed by atoms with Gasteiger partial charge in [-0.1, -0.05) is 34.1 Å². The largest absolute Gasteiger partial charge is 0.449 e. The normalized spacial score (nSPS) is 12.5. The molecule has 0 fully saturated rings. The molecule has 1 N–H and O–H groups in total. The summed E-state index contributed by atoms with van der Waals surface area (Å²) in [5.41, 5.74) is 1.29. The molecule has 0 aliphatic rings. The van der Waals surface area contributed by atoms with Crippen LogP contribution in [0.2, 0.25) is 0 Å². The summed E-state index contributed by atoms with van der Waals surface area (Å²) in [6.07, 6.45) is 2.64. The van der Waals surface area contributed by atoms with Gasteiger partial charge in [0.2, 0.25) is 0 Å². The highest BCUT2D eigenvalue weighted by molar-refractivity contribution is 9.10. The van der Waals surface area contributed by atoms with Gasteiger partial charge in [0.05, 0.1) is 19.3 Å². The van der Waals surface area contributed by atoms with E-state index in [1.807, 2.05) is 45.0 Å². The Hall–Kier alpha value is -1.92. The van der Waals surface area contributed by atoms with Crippen LogP contribution in [0.25, 0.3) is 0 Å². The Balaban J connectivity index is 1.95. The maximum Gasteiger partial charge on any atom is 0.410 e. The number of pyridine rings is 1. The second-order valence-corrected chi connectivity index (χ2v) is 7.99. The summed E-state index contributed by atoms with van der Waals surface area (Å²) in [4.78, 5) is 18.1. The van der Waals surface area contributed by atoms with Crippen molar-refractivity contribution in [2.75, 3.05) is 13.2 Å². The Labute approximate surface area is 163 Å². The molecule has 1 heterocycles. The highest BCUT2D eigenvalue weighted by Crippen LogP contribution is 2.21. The first kappa shape index (κ1) is 20.4. The highest BCUT2D eigenvalue weighted by atomic mass is 79.9. The van der Waals surface area contributed by atoms with E-state index in [0.717, 1.165) is 10.0 Å². The van der Waals surface area contributed by atoms with Crippen LogP contribution in [-0.2, 0) is 11.2 Å². The molecular weight excluding hydrogens is 396 g/mol. The summed E-state index contributed by atoms with van der Waals surface area (Å²) < 4.78 is 6.47. The SMILES string of the molecule is CC(C)(C)N(C[C@H](O)c1cccnc1)C(=O)OCCc1ccc(Br)cc1. The first-order chi connectivity index (χ1) is 12.3. The number of rotatable bonds is 6. The number of β-amino-alcohol motifs (C(OH)–C–C–N with tert-alkyl or cyclic N) is 1. The first-order valence-electron chi connectivity index (χ1n) is 8.54. The Morgan fingerprint density at radius 3 is 2.54 bits per heavy atom. The summed E-state index contributed by atoms with van der Waals surface area (Å²) in [5.74, 6) is 0. The van der Waals surface area contributed by atoms with Gasteiger partial charge in [-0.05, 0) is 44.5 Å². The summed E-state index contributed by atoms with van der Waals surface area (Å²) in [6, 6.07) is 11.5. The van der Waals surface area contributed by atoms with Gasteiger partial charge < -0.3 is 14.7 Å². The zero-order chi connectivity index (χ0) is 19.2. The van der Waals surface area contributed by atoms with Gasteiger partial charge in [-0.15, -0.1) is 0 Å². The van der Waals surface area contributed by atoms with Gasteiger partial charge in [-0.2, -0.15) is 0 Å². The van der Waals surface area contributed by atoms with E-state index in [9.17, 15) is 9.90 Å². The van der Waals surface area contributed by atoms with Crippen molar-refractivity contribution in [2.24, 2.45) is 0 Å². The minimum atomic E-state index is -0.818. The number of hydrogen-bond acceptors (Lipinski definition) is 4. The molecule has 0 aliphatic heterocycles. The molecule has 0 bridgehead atoms. The van der Waals surface area contributed by atoms with Crippen LogP contribution in [0.5, 0.6) is 0 Å². The molecule has 0 spiro atoms. The Kier molecular flexibility index (Phi) is 7.17. The number of hydrogen-bond donors (Lipinski definition) is 1. The average molecular weight is 421 g/mol. The quantitative estimate of drug-likeness (QED) is 0.753. The zero-order valence-corrected chi connectivity index (χ0v) is 16.9. The van der Waals surface area contributed by atoms with Crippen LogP contribution in [0.4, 0.5) is 4.79 Å². The lowest BCUT2D eigenvalue weighted by Gasteiger charge is -2.36. The van der Waals surface area contributed by atoms with Crippen LogP contribution < -0.4 is 0 Å². The molecule has 26 heavy (non-hydrogen) atoms. The molecule has 0 aliphatic carbocycles. The zero-order valence-electron chi connectivity index (χ0n) is 15.4. The monoisotopic (exact) mass is 420 g/mol. The van der Waals surface area contributed by atoms with E-state index < -0.39 is 17.7 Å². The van der Waals surface area contributed by atoms with Crippen molar-refractivity contribution in [1.82, 2.24) is 9.88 Å². The Bertz CT molecular complexity index is 699. The van der Waals surface area contributed by atoms with Crippen molar-refractivity contribution in [2.45, 2.75) is 38.8 Å². The molecular formula is C20H25BrN2O3. The van der Waals surface area contributed by atoms with Gasteiger partial charge in [0, 0.05) is 34.4 Å². The van der Waals surface area contributed by atoms with Crippen LogP contribution >= 0.6 is 15.9 Å². The van der Waals surface area contributed by atoms with Crippen molar-refractivity contribution >= 4 is 22.0 Å². The molecule has 2 rings (SSSR count). The fraction of sp³-hybridized carbons (Fsp3) is 0.400. The van der Waals surface area contributed by atoms with Gasteiger partial charge in [0.15, 0.2) is 0 Å². The van der Waals surface area contributed by atoms with Gasteiger partial charge in [0.25, 0.3) is 0 Å². The van der Waals surface area contributed by atoms with Crippen LogP contribution in [0.1, 0.15) is 38.0 Å². The topological polar surface area (TPSA) is 62.7 Å². The van der Waals surface area contributed by atoms with Crippen molar-refractivity contribution in [3.8, 4) is 0 Å². The Morgan fingerprint density at radius 2 is 1.96 bits per heavy atom. The van der Waals surface area contributed by atoms with Crippen molar-refractivity contribution in [1.29, 1.82) is 0 Å². The van der Waals surface area contributed by atoms with Gasteiger partial charge in [-0.3, -0.25) is 4.98 Å². The van der Waals surface area contributed by atoms with Crippen molar-refractivity contribution in [3.05, 3.63) is 64.4 Å². The van der Waals surface area contributed by atoms with E-state index in [4.69, 9.17) is 4.74 Å². The number of amides is 1. The predicted octanol–water partition coefficient (Wildman–Crippen LogP) is 4.36. The van der Waals surface area contributed by atoms with E-state index >= 15 is 0 Å². The summed E-state index contributed by atoms with van der Waals surface area (Å²) in [6.45, 7) is 6.18. The minimum absolute atomic E-state index is 0.145. The third kappa shape index (κ3) is 6.11. The van der Waals surface area contributed by atoms with E-state index in [-0.39, 0.29) is 13.2 Å². The summed E-state index contributed by atoms with van der Waals surface area (Å²) in [5, 5.41) is 10.4. The molecule has 1 amide bonds. The van der Waals surface area contributed by atoms with Crippen LogP contribution in [0.15, 0.2) is 53.3 Å². The summed E-state index contributed by atoms with van der Waals surface area (Å²) >= 11 is 3.40. The predicted molar refractivity (Wildman–Crippen MR) is 105 cm³/mol. The maximum atomic E-state index is 12.6. The minimum Gasteiger partial charge on any atom is -0.449 e. The molecule has 6 heteroatoms. The van der Waals surface area contributed by atoms with Crippen molar-refractivity contribution in [3.63, 3.8) is 0 Å².